The van der Waals surface area contributed by atoms with E-state index in [1.165, 1.54) is 19.1 Å². The highest BCUT2D eigenvalue weighted by Gasteiger charge is 2.46. The van der Waals surface area contributed by atoms with Gasteiger partial charge in [-0.3, -0.25) is 14.6 Å². The Morgan fingerprint density at radius 1 is 1.03 bits per heavy atom. The first-order chi connectivity index (χ1) is 17.4. The average molecular weight is 489 g/mol. The standard InChI is InChI=1S/C28H28N2O6/c1-5-36-21-10-9-20(13-17(21)2)26(31)24-25(19-8-11-22(34-3)23(14-19)35-4)30(28(33)27(24)32)16-18-7-6-12-29-15-18/h6-15,25,31H,5,16H2,1-4H3/t25-/m0/s1. The van der Waals surface area contributed by atoms with Gasteiger partial charge in [-0.15, -0.1) is 0 Å². The van der Waals surface area contributed by atoms with Crippen molar-refractivity contribution < 1.29 is 28.9 Å². The molecule has 2 heterocycles. The van der Waals surface area contributed by atoms with E-state index in [4.69, 9.17) is 14.2 Å². The highest BCUT2D eigenvalue weighted by Crippen LogP contribution is 2.43. The molecule has 1 aliphatic rings. The summed E-state index contributed by atoms with van der Waals surface area (Å²) >= 11 is 0. The summed E-state index contributed by atoms with van der Waals surface area (Å²) in [6, 6.07) is 13.1. The van der Waals surface area contributed by atoms with Gasteiger partial charge in [-0.05, 0) is 66.9 Å². The Morgan fingerprint density at radius 3 is 2.42 bits per heavy atom. The molecule has 1 amide bonds. The second kappa shape index (κ2) is 10.5. The molecule has 0 spiro atoms. The maximum Gasteiger partial charge on any atom is 0.295 e. The van der Waals surface area contributed by atoms with Crippen LogP contribution in [0.5, 0.6) is 17.2 Å². The minimum Gasteiger partial charge on any atom is -0.507 e. The lowest BCUT2D eigenvalue weighted by Crippen LogP contribution is -2.29. The molecule has 3 aromatic rings. The number of aliphatic hydroxyl groups excluding tert-OH is 1. The van der Waals surface area contributed by atoms with Crippen LogP contribution in [0.4, 0.5) is 0 Å². The van der Waals surface area contributed by atoms with Crippen molar-refractivity contribution in [3.05, 3.63) is 88.8 Å². The fraction of sp³-hybridized carbons (Fsp3) is 0.250. The topological polar surface area (TPSA) is 98.2 Å². The third-order valence-electron chi connectivity index (χ3n) is 6.09. The van der Waals surface area contributed by atoms with Gasteiger partial charge in [0.2, 0.25) is 0 Å². The largest absolute Gasteiger partial charge is 0.507 e. The molecule has 0 radical (unpaired) electrons. The quantitative estimate of drug-likeness (QED) is 0.285. The first-order valence-corrected chi connectivity index (χ1v) is 11.5. The number of benzene rings is 2. The van der Waals surface area contributed by atoms with Crippen LogP contribution in [-0.4, -0.2) is 47.5 Å². The minimum atomic E-state index is -0.850. The zero-order chi connectivity index (χ0) is 25.8. The minimum absolute atomic E-state index is 0.000305. The van der Waals surface area contributed by atoms with Crippen LogP contribution in [0.15, 0.2) is 66.5 Å². The summed E-state index contributed by atoms with van der Waals surface area (Å²) in [4.78, 5) is 32.1. The van der Waals surface area contributed by atoms with Crippen LogP contribution in [0, 0.1) is 6.92 Å². The smallest absolute Gasteiger partial charge is 0.295 e. The molecule has 0 saturated carbocycles. The first-order valence-electron chi connectivity index (χ1n) is 11.5. The average Bonchev–Trinajstić information content (AvgIpc) is 3.14. The van der Waals surface area contributed by atoms with E-state index < -0.39 is 17.7 Å². The molecule has 1 atom stereocenters. The Morgan fingerprint density at radius 2 is 1.78 bits per heavy atom. The van der Waals surface area contributed by atoms with Gasteiger partial charge in [-0.25, -0.2) is 0 Å². The Bertz CT molecular complexity index is 1320. The van der Waals surface area contributed by atoms with Crippen LogP contribution in [0.2, 0.25) is 0 Å². The van der Waals surface area contributed by atoms with Crippen molar-refractivity contribution in [1.82, 2.24) is 9.88 Å². The third kappa shape index (κ3) is 4.62. The molecule has 1 saturated heterocycles. The van der Waals surface area contributed by atoms with Gasteiger partial charge in [0, 0.05) is 24.5 Å². The van der Waals surface area contributed by atoms with Crippen molar-refractivity contribution in [2.45, 2.75) is 26.4 Å². The second-order valence-electron chi connectivity index (χ2n) is 8.32. The molecule has 186 valence electrons. The number of ether oxygens (including phenoxy) is 3. The summed E-state index contributed by atoms with van der Waals surface area (Å²) in [5, 5.41) is 11.4. The third-order valence-corrected chi connectivity index (χ3v) is 6.09. The van der Waals surface area contributed by atoms with Crippen LogP contribution in [0.3, 0.4) is 0 Å². The second-order valence-corrected chi connectivity index (χ2v) is 8.32. The molecule has 2 aromatic carbocycles. The highest BCUT2D eigenvalue weighted by atomic mass is 16.5. The molecular weight excluding hydrogens is 460 g/mol. The van der Waals surface area contributed by atoms with Crippen molar-refractivity contribution in [2.24, 2.45) is 0 Å². The van der Waals surface area contributed by atoms with Crippen molar-refractivity contribution >= 4 is 17.4 Å². The van der Waals surface area contributed by atoms with Gasteiger partial charge < -0.3 is 24.2 Å². The Labute approximate surface area is 209 Å². The molecule has 1 aromatic heterocycles. The summed E-state index contributed by atoms with van der Waals surface area (Å²) in [5.41, 5.74) is 2.57. The van der Waals surface area contributed by atoms with E-state index in [1.54, 1.807) is 54.9 Å². The summed E-state index contributed by atoms with van der Waals surface area (Å²) in [5.74, 6) is -0.0903. The Balaban J connectivity index is 1.88. The zero-order valence-corrected chi connectivity index (χ0v) is 20.6. The lowest BCUT2D eigenvalue weighted by molar-refractivity contribution is -0.140. The molecule has 0 bridgehead atoms. The molecule has 1 aliphatic heterocycles. The highest BCUT2D eigenvalue weighted by molar-refractivity contribution is 6.46. The number of hydrogen-bond acceptors (Lipinski definition) is 7. The number of pyridine rings is 1. The molecule has 0 unspecified atom stereocenters. The monoisotopic (exact) mass is 488 g/mol. The summed E-state index contributed by atoms with van der Waals surface area (Å²) in [6.45, 7) is 4.39. The predicted molar refractivity (Wildman–Crippen MR) is 134 cm³/mol. The predicted octanol–water partition coefficient (Wildman–Crippen LogP) is 4.43. The van der Waals surface area contributed by atoms with Crippen molar-refractivity contribution in [1.29, 1.82) is 0 Å². The number of hydrogen-bond donors (Lipinski definition) is 1. The number of ketones is 1. The number of aryl methyl sites for hydroxylation is 1. The van der Waals surface area contributed by atoms with Crippen LogP contribution < -0.4 is 14.2 Å². The summed E-state index contributed by atoms with van der Waals surface area (Å²) in [6.07, 6.45) is 3.28. The van der Waals surface area contributed by atoms with E-state index in [0.717, 1.165) is 11.1 Å². The number of rotatable bonds is 8. The normalized spacial score (nSPS) is 16.8. The number of carbonyl (C=O) groups excluding carboxylic acids is 2. The van der Waals surface area contributed by atoms with Gasteiger partial charge in [-0.2, -0.15) is 0 Å². The first kappa shape index (κ1) is 24.8. The lowest BCUT2D eigenvalue weighted by Gasteiger charge is -2.26. The fourth-order valence-electron chi connectivity index (χ4n) is 4.37. The Kier molecular flexibility index (Phi) is 7.24. The zero-order valence-electron chi connectivity index (χ0n) is 20.6. The fourth-order valence-corrected chi connectivity index (χ4v) is 4.37. The SMILES string of the molecule is CCOc1ccc(C(O)=C2C(=O)C(=O)N(Cc3cccnc3)[C@H]2c2ccc(OC)c(OC)c2)cc1C. The molecule has 36 heavy (non-hydrogen) atoms. The van der Waals surface area contributed by atoms with Crippen molar-refractivity contribution in [3.63, 3.8) is 0 Å². The number of Topliss-reactive ketones (excluding diaryl/α,β-unsaturated/α-hetero) is 1. The molecule has 8 heteroatoms. The van der Waals surface area contributed by atoms with Gasteiger partial charge in [0.05, 0.1) is 32.4 Å². The van der Waals surface area contributed by atoms with Crippen LogP contribution in [0.1, 0.15) is 35.2 Å². The number of amides is 1. The van der Waals surface area contributed by atoms with E-state index in [2.05, 4.69) is 4.98 Å². The van der Waals surface area contributed by atoms with E-state index in [-0.39, 0.29) is 17.9 Å². The molecular formula is C28H28N2O6. The van der Waals surface area contributed by atoms with Crippen LogP contribution in [-0.2, 0) is 16.1 Å². The van der Waals surface area contributed by atoms with E-state index in [0.29, 0.717) is 35.0 Å². The summed E-state index contributed by atoms with van der Waals surface area (Å²) in [7, 11) is 3.04. The number of nitrogens with zero attached hydrogens (tertiary/aromatic N) is 2. The maximum absolute atomic E-state index is 13.3. The summed E-state index contributed by atoms with van der Waals surface area (Å²) < 4.78 is 16.4. The molecule has 1 fully saturated rings. The molecule has 8 nitrogen and oxygen atoms in total. The number of likely N-dealkylation sites (tertiary alicyclic amines) is 1. The number of methoxy groups -OCH3 is 2. The van der Waals surface area contributed by atoms with Crippen molar-refractivity contribution in [2.75, 3.05) is 20.8 Å². The van der Waals surface area contributed by atoms with Gasteiger partial charge in [0.15, 0.2) is 11.5 Å². The number of aliphatic hydroxyl groups is 1. The van der Waals surface area contributed by atoms with E-state index in [1.807, 2.05) is 19.9 Å². The van der Waals surface area contributed by atoms with Crippen LogP contribution in [0.25, 0.3) is 5.76 Å². The maximum atomic E-state index is 13.3. The molecule has 0 aliphatic carbocycles. The van der Waals surface area contributed by atoms with Gasteiger partial charge in [0.25, 0.3) is 11.7 Å². The molecule has 4 rings (SSSR count). The number of aromatic nitrogens is 1. The van der Waals surface area contributed by atoms with Crippen molar-refractivity contribution in [3.8, 4) is 17.2 Å². The van der Waals surface area contributed by atoms with Crippen LogP contribution >= 0.6 is 0 Å². The van der Waals surface area contributed by atoms with Gasteiger partial charge in [0.1, 0.15) is 11.5 Å². The van der Waals surface area contributed by atoms with E-state index >= 15 is 0 Å². The van der Waals surface area contributed by atoms with Gasteiger partial charge >= 0.3 is 0 Å². The van der Waals surface area contributed by atoms with E-state index in [9.17, 15) is 14.7 Å². The lowest BCUT2D eigenvalue weighted by atomic mass is 9.94. The molecule has 1 N–H and O–H groups in total. The Hall–Kier alpha value is -4.33. The number of carbonyl (C=O) groups is 2. The van der Waals surface area contributed by atoms with Gasteiger partial charge in [-0.1, -0.05) is 12.1 Å².